The molecule has 0 bridgehead atoms. The molecule has 72 valence electrons. The monoisotopic (exact) mass is 170 g/mol. The molecule has 12 heavy (non-hydrogen) atoms. The summed E-state index contributed by atoms with van der Waals surface area (Å²) >= 11 is 0. The summed E-state index contributed by atoms with van der Waals surface area (Å²) in [5.41, 5.74) is 0. The lowest BCUT2D eigenvalue weighted by molar-refractivity contribution is -0.0440. The van der Waals surface area contributed by atoms with E-state index >= 15 is 0 Å². The molecular weight excluding hydrogens is 148 g/mol. The first-order chi connectivity index (χ1) is 5.83. The molecule has 1 rings (SSSR count). The molecule has 0 aromatic carbocycles. The van der Waals surface area contributed by atoms with Gasteiger partial charge in [0.1, 0.15) is 0 Å². The van der Waals surface area contributed by atoms with Crippen LogP contribution in [-0.2, 0) is 4.74 Å². The van der Waals surface area contributed by atoms with Gasteiger partial charge in [0, 0.05) is 0 Å². The van der Waals surface area contributed by atoms with Crippen molar-refractivity contribution in [2.24, 2.45) is 0 Å². The molecule has 0 radical (unpaired) electrons. The molecule has 1 saturated heterocycles. The molecule has 0 spiro atoms. The first kappa shape index (κ1) is 10.0. The number of hydrogen-bond acceptors (Lipinski definition) is 1. The first-order valence-electron chi connectivity index (χ1n) is 5.48. The fraction of sp³-hybridized carbons (Fsp3) is 1.00. The van der Waals surface area contributed by atoms with Crippen LogP contribution in [0.2, 0.25) is 0 Å². The fourth-order valence-electron chi connectivity index (χ4n) is 1.93. The average molecular weight is 170 g/mol. The molecule has 0 aliphatic carbocycles. The Bertz CT molecular complexity index is 112. The zero-order chi connectivity index (χ0) is 8.81. The van der Waals surface area contributed by atoms with Gasteiger partial charge in [0.15, 0.2) is 0 Å². The Morgan fingerprint density at radius 2 is 2.08 bits per heavy atom. The number of unbranched alkanes of at least 4 members (excludes halogenated alkanes) is 2. The summed E-state index contributed by atoms with van der Waals surface area (Å²) in [6.07, 6.45) is 10.4. The van der Waals surface area contributed by atoms with Crippen LogP contribution in [0.15, 0.2) is 0 Å². The van der Waals surface area contributed by atoms with Gasteiger partial charge in [0.25, 0.3) is 0 Å². The SMILES string of the molecule is CCCCCC1CCCC(C)O1. The fourth-order valence-corrected chi connectivity index (χ4v) is 1.93. The third-order valence-corrected chi connectivity index (χ3v) is 2.69. The Kier molecular flexibility index (Phi) is 4.67. The van der Waals surface area contributed by atoms with Gasteiger partial charge in [-0.3, -0.25) is 0 Å². The minimum atomic E-state index is 0.519. The van der Waals surface area contributed by atoms with Gasteiger partial charge in [-0.15, -0.1) is 0 Å². The Morgan fingerprint density at radius 3 is 2.75 bits per heavy atom. The van der Waals surface area contributed by atoms with E-state index in [1.165, 1.54) is 44.9 Å². The van der Waals surface area contributed by atoms with E-state index in [2.05, 4.69) is 13.8 Å². The minimum absolute atomic E-state index is 0.519. The molecule has 1 fully saturated rings. The third-order valence-electron chi connectivity index (χ3n) is 2.69. The maximum atomic E-state index is 5.83. The molecule has 1 heterocycles. The van der Waals surface area contributed by atoms with Crippen LogP contribution in [0.5, 0.6) is 0 Å². The van der Waals surface area contributed by atoms with E-state index in [1.54, 1.807) is 0 Å². The Hall–Kier alpha value is -0.0400. The summed E-state index contributed by atoms with van der Waals surface area (Å²) in [6.45, 7) is 4.45. The zero-order valence-electron chi connectivity index (χ0n) is 8.51. The van der Waals surface area contributed by atoms with Crippen LogP contribution in [0.1, 0.15) is 58.8 Å². The second kappa shape index (κ2) is 5.58. The molecule has 0 amide bonds. The van der Waals surface area contributed by atoms with Crippen molar-refractivity contribution in [2.45, 2.75) is 71.0 Å². The highest BCUT2D eigenvalue weighted by molar-refractivity contribution is 4.67. The lowest BCUT2D eigenvalue weighted by atomic mass is 10.0. The maximum Gasteiger partial charge on any atom is 0.0578 e. The normalized spacial score (nSPS) is 30.5. The molecule has 0 saturated carbocycles. The van der Waals surface area contributed by atoms with Crippen molar-refractivity contribution in [3.63, 3.8) is 0 Å². The second-order valence-corrected chi connectivity index (χ2v) is 4.00. The van der Waals surface area contributed by atoms with Gasteiger partial charge in [-0.1, -0.05) is 26.2 Å². The van der Waals surface area contributed by atoms with E-state index in [9.17, 15) is 0 Å². The Balaban J connectivity index is 2.06. The largest absolute Gasteiger partial charge is 0.375 e. The molecule has 0 N–H and O–H groups in total. The van der Waals surface area contributed by atoms with Crippen LogP contribution in [-0.4, -0.2) is 12.2 Å². The summed E-state index contributed by atoms with van der Waals surface area (Å²) in [5.74, 6) is 0. The summed E-state index contributed by atoms with van der Waals surface area (Å²) in [7, 11) is 0. The molecule has 1 heteroatoms. The highest BCUT2D eigenvalue weighted by Crippen LogP contribution is 2.22. The van der Waals surface area contributed by atoms with Crippen LogP contribution in [0.3, 0.4) is 0 Å². The van der Waals surface area contributed by atoms with Crippen molar-refractivity contribution in [3.05, 3.63) is 0 Å². The minimum Gasteiger partial charge on any atom is -0.375 e. The van der Waals surface area contributed by atoms with Crippen molar-refractivity contribution in [3.8, 4) is 0 Å². The van der Waals surface area contributed by atoms with E-state index in [-0.39, 0.29) is 0 Å². The molecule has 1 aliphatic heterocycles. The maximum absolute atomic E-state index is 5.83. The van der Waals surface area contributed by atoms with Gasteiger partial charge in [0.2, 0.25) is 0 Å². The van der Waals surface area contributed by atoms with E-state index in [4.69, 9.17) is 4.74 Å². The van der Waals surface area contributed by atoms with E-state index in [0.29, 0.717) is 12.2 Å². The van der Waals surface area contributed by atoms with Crippen LogP contribution < -0.4 is 0 Å². The predicted octanol–water partition coefficient (Wildman–Crippen LogP) is 3.52. The average Bonchev–Trinajstić information content (AvgIpc) is 2.05. The van der Waals surface area contributed by atoms with Crippen LogP contribution >= 0.6 is 0 Å². The molecule has 1 aliphatic rings. The van der Waals surface area contributed by atoms with Crippen molar-refractivity contribution < 1.29 is 4.74 Å². The van der Waals surface area contributed by atoms with Crippen molar-refractivity contribution in [1.82, 2.24) is 0 Å². The molecule has 0 aromatic heterocycles. The van der Waals surface area contributed by atoms with Gasteiger partial charge >= 0.3 is 0 Å². The smallest absolute Gasteiger partial charge is 0.0578 e. The molecule has 0 aromatic rings. The van der Waals surface area contributed by atoms with Gasteiger partial charge in [-0.05, 0) is 32.6 Å². The van der Waals surface area contributed by atoms with Crippen LogP contribution in [0.4, 0.5) is 0 Å². The van der Waals surface area contributed by atoms with Gasteiger partial charge < -0.3 is 4.74 Å². The summed E-state index contributed by atoms with van der Waals surface area (Å²) in [4.78, 5) is 0. The topological polar surface area (TPSA) is 9.23 Å². The van der Waals surface area contributed by atoms with Gasteiger partial charge in [0.05, 0.1) is 12.2 Å². The van der Waals surface area contributed by atoms with Crippen LogP contribution in [0, 0.1) is 0 Å². The van der Waals surface area contributed by atoms with Crippen molar-refractivity contribution in [1.29, 1.82) is 0 Å². The lowest BCUT2D eigenvalue weighted by Crippen LogP contribution is -2.25. The third kappa shape index (κ3) is 3.57. The lowest BCUT2D eigenvalue weighted by Gasteiger charge is -2.27. The highest BCUT2D eigenvalue weighted by atomic mass is 16.5. The molecule has 2 unspecified atom stereocenters. The zero-order valence-corrected chi connectivity index (χ0v) is 8.51. The van der Waals surface area contributed by atoms with Crippen molar-refractivity contribution >= 4 is 0 Å². The summed E-state index contributed by atoms with van der Waals surface area (Å²) < 4.78 is 5.83. The number of rotatable bonds is 4. The Labute approximate surface area is 76.5 Å². The summed E-state index contributed by atoms with van der Waals surface area (Å²) in [6, 6.07) is 0. The molecule has 1 nitrogen and oxygen atoms in total. The quantitative estimate of drug-likeness (QED) is 0.586. The van der Waals surface area contributed by atoms with Gasteiger partial charge in [-0.25, -0.2) is 0 Å². The molecular formula is C11H22O. The van der Waals surface area contributed by atoms with E-state index in [1.807, 2.05) is 0 Å². The van der Waals surface area contributed by atoms with Crippen LogP contribution in [0.25, 0.3) is 0 Å². The van der Waals surface area contributed by atoms with Crippen molar-refractivity contribution in [2.75, 3.05) is 0 Å². The molecule has 2 atom stereocenters. The predicted molar refractivity (Wildman–Crippen MR) is 52.3 cm³/mol. The highest BCUT2D eigenvalue weighted by Gasteiger charge is 2.17. The van der Waals surface area contributed by atoms with Gasteiger partial charge in [-0.2, -0.15) is 0 Å². The van der Waals surface area contributed by atoms with E-state index in [0.717, 1.165) is 0 Å². The summed E-state index contributed by atoms with van der Waals surface area (Å²) in [5, 5.41) is 0. The number of ether oxygens (including phenoxy) is 1. The second-order valence-electron chi connectivity index (χ2n) is 4.00. The standard InChI is InChI=1S/C11H22O/c1-3-4-5-8-11-9-6-7-10(2)12-11/h10-11H,3-9H2,1-2H3. The van der Waals surface area contributed by atoms with E-state index < -0.39 is 0 Å². The first-order valence-corrected chi connectivity index (χ1v) is 5.48. The Morgan fingerprint density at radius 1 is 1.25 bits per heavy atom. The number of hydrogen-bond donors (Lipinski definition) is 0.